The minimum Gasteiger partial charge on any atom is 0 e. The summed E-state index contributed by atoms with van der Waals surface area (Å²) in [5.41, 5.74) is 0. The van der Waals surface area contributed by atoms with Gasteiger partial charge in [-0.25, -0.2) is 0 Å². The molecule has 0 aliphatic carbocycles. The Balaban J connectivity index is 0. The van der Waals surface area contributed by atoms with Crippen molar-refractivity contribution < 1.29 is 50.3 Å². The molecule has 0 aromatic rings. The molecule has 0 saturated carbocycles. The third-order valence-electron chi connectivity index (χ3n) is 0. The Morgan fingerprint density at radius 2 is 1.00 bits per heavy atom. The van der Waals surface area contributed by atoms with Gasteiger partial charge in [0.05, 0.1) is 0 Å². The SMILES string of the molecule is [Co].[Fe].[Ni].[Pb]. The van der Waals surface area contributed by atoms with E-state index in [1.165, 1.54) is 0 Å². The van der Waals surface area contributed by atoms with Crippen molar-refractivity contribution in [2.24, 2.45) is 0 Å². The monoisotopic (exact) mass is 381 g/mol. The van der Waals surface area contributed by atoms with Crippen LogP contribution in [0.1, 0.15) is 0 Å². The molecule has 31 valence electrons. The van der Waals surface area contributed by atoms with Crippen molar-refractivity contribution in [3.8, 4) is 0 Å². The molecule has 4 heavy (non-hydrogen) atoms. The number of hydrogen-bond acceptors (Lipinski definition) is 0. The molecule has 0 spiro atoms. The number of hydrogen-bond donors (Lipinski definition) is 0. The van der Waals surface area contributed by atoms with E-state index in [4.69, 9.17) is 0 Å². The van der Waals surface area contributed by atoms with E-state index < -0.39 is 0 Å². The van der Waals surface area contributed by atoms with Crippen molar-refractivity contribution >= 4 is 27.3 Å². The molecule has 0 atom stereocenters. The van der Waals surface area contributed by atoms with Crippen LogP contribution in [0.5, 0.6) is 0 Å². The summed E-state index contributed by atoms with van der Waals surface area (Å²) < 4.78 is 0. The smallest absolute Gasteiger partial charge is 0 e. The van der Waals surface area contributed by atoms with E-state index in [9.17, 15) is 0 Å². The minimum absolute atomic E-state index is 0. The van der Waals surface area contributed by atoms with Gasteiger partial charge in [-0.1, -0.05) is 0 Å². The molecule has 0 saturated heterocycles. The van der Waals surface area contributed by atoms with E-state index in [1.54, 1.807) is 0 Å². The first kappa shape index (κ1) is 32.0. The minimum atomic E-state index is 0. The summed E-state index contributed by atoms with van der Waals surface area (Å²) in [4.78, 5) is 0. The second kappa shape index (κ2) is 18.0. The fraction of sp³-hybridized carbons (Fsp3) is 0. The van der Waals surface area contributed by atoms with Crippen molar-refractivity contribution in [3.05, 3.63) is 0 Å². The molecular formula is CoFeNiPb. The van der Waals surface area contributed by atoms with Crippen LogP contribution < -0.4 is 0 Å². The molecule has 0 fully saturated rings. The maximum Gasteiger partial charge on any atom is 0 e. The van der Waals surface area contributed by atoms with Gasteiger partial charge in [-0.3, -0.25) is 0 Å². The Morgan fingerprint density at radius 1 is 1.00 bits per heavy atom. The molecule has 0 heterocycles. The summed E-state index contributed by atoms with van der Waals surface area (Å²) in [7, 11) is 0. The van der Waals surface area contributed by atoms with Gasteiger partial charge in [-0.2, -0.15) is 0 Å². The standard InChI is InChI=1S/Co.Fe.Ni.Pb. The molecule has 5 radical (unpaired) electrons. The van der Waals surface area contributed by atoms with Gasteiger partial charge >= 0.3 is 0 Å². The second-order valence-electron chi connectivity index (χ2n) is 0. The first-order valence-corrected chi connectivity index (χ1v) is 0. The molecule has 0 aromatic carbocycles. The Morgan fingerprint density at radius 3 is 1.00 bits per heavy atom. The van der Waals surface area contributed by atoms with E-state index in [1.807, 2.05) is 0 Å². The first-order valence-electron chi connectivity index (χ1n) is 0. The predicted molar refractivity (Wildman–Crippen MR) is 5.75 cm³/mol. The van der Waals surface area contributed by atoms with Crippen LogP contribution in [0.2, 0.25) is 0 Å². The quantitative estimate of drug-likeness (QED) is 0.502. The molecule has 0 amide bonds. The molecule has 0 unspecified atom stereocenters. The van der Waals surface area contributed by atoms with Crippen LogP contribution in [0.3, 0.4) is 0 Å². The van der Waals surface area contributed by atoms with Crippen LogP contribution in [0, 0.1) is 0 Å². The average molecular weight is 381 g/mol. The van der Waals surface area contributed by atoms with Gasteiger partial charge in [-0.15, -0.1) is 0 Å². The maximum absolute atomic E-state index is 0. The van der Waals surface area contributed by atoms with Crippen LogP contribution in [0.25, 0.3) is 0 Å². The van der Waals surface area contributed by atoms with Crippen molar-refractivity contribution in [1.82, 2.24) is 0 Å². The Hall–Kier alpha value is 2.44. The number of rotatable bonds is 0. The van der Waals surface area contributed by atoms with Crippen molar-refractivity contribution in [1.29, 1.82) is 0 Å². The second-order valence-corrected chi connectivity index (χ2v) is 0. The Labute approximate surface area is 76.6 Å². The zero-order chi connectivity index (χ0) is 0. The zero-order valence-electron chi connectivity index (χ0n) is 1.50. The zero-order valence-corrected chi connectivity index (χ0v) is 8.52. The summed E-state index contributed by atoms with van der Waals surface area (Å²) in [6.45, 7) is 0. The van der Waals surface area contributed by atoms with Crippen molar-refractivity contribution in [2.75, 3.05) is 0 Å². The fourth-order valence-electron chi connectivity index (χ4n) is 0. The summed E-state index contributed by atoms with van der Waals surface area (Å²) in [6.07, 6.45) is 0. The third kappa shape index (κ3) is 8.82. The summed E-state index contributed by atoms with van der Waals surface area (Å²) in [6, 6.07) is 0. The van der Waals surface area contributed by atoms with E-state index >= 15 is 0 Å². The van der Waals surface area contributed by atoms with E-state index in [0.29, 0.717) is 0 Å². The van der Waals surface area contributed by atoms with Crippen LogP contribution in [-0.2, 0) is 50.3 Å². The molecule has 4 heteroatoms. The molecule has 0 bridgehead atoms. The van der Waals surface area contributed by atoms with Crippen LogP contribution in [0.4, 0.5) is 0 Å². The normalized spacial score (nSPS) is 0. The Kier molecular flexibility index (Phi) is 144. The fourth-order valence-corrected chi connectivity index (χ4v) is 0. The predicted octanol–water partition coefficient (Wildman–Crippen LogP) is -0.388. The molecular weight excluding hydrogens is 381 g/mol. The molecule has 0 N–H and O–H groups in total. The molecule has 0 aliphatic rings. The summed E-state index contributed by atoms with van der Waals surface area (Å²) in [5, 5.41) is 0. The van der Waals surface area contributed by atoms with Gasteiger partial charge in [0.1, 0.15) is 0 Å². The van der Waals surface area contributed by atoms with Gasteiger partial charge < -0.3 is 0 Å². The van der Waals surface area contributed by atoms with Crippen molar-refractivity contribution in [3.63, 3.8) is 0 Å². The molecule has 0 rings (SSSR count). The largest absolute Gasteiger partial charge is 0 e. The topological polar surface area (TPSA) is 0 Å². The third-order valence-corrected chi connectivity index (χ3v) is 0. The van der Waals surface area contributed by atoms with E-state index in [-0.39, 0.29) is 77.6 Å². The van der Waals surface area contributed by atoms with Gasteiger partial charge in [0.25, 0.3) is 0 Å². The first-order chi connectivity index (χ1) is 0. The molecule has 0 aliphatic heterocycles. The van der Waals surface area contributed by atoms with Crippen molar-refractivity contribution in [2.45, 2.75) is 0 Å². The summed E-state index contributed by atoms with van der Waals surface area (Å²) >= 11 is 0. The Bertz CT molecular complexity index is 8.00. The van der Waals surface area contributed by atoms with Gasteiger partial charge in [-0.05, 0) is 0 Å². The average Bonchev–Trinajstić information content (AvgIpc) is 0. The molecule has 0 aromatic heterocycles. The van der Waals surface area contributed by atoms with Crippen LogP contribution >= 0.6 is 0 Å². The van der Waals surface area contributed by atoms with Crippen LogP contribution in [0.15, 0.2) is 0 Å². The molecule has 0 nitrogen and oxygen atoms in total. The maximum atomic E-state index is 0. The van der Waals surface area contributed by atoms with Gasteiger partial charge in [0.15, 0.2) is 0 Å². The summed E-state index contributed by atoms with van der Waals surface area (Å²) in [5.74, 6) is 0. The van der Waals surface area contributed by atoms with Gasteiger partial charge in [0, 0.05) is 77.6 Å². The van der Waals surface area contributed by atoms with Crippen LogP contribution in [-0.4, -0.2) is 27.3 Å². The van der Waals surface area contributed by atoms with E-state index in [2.05, 4.69) is 0 Å². The van der Waals surface area contributed by atoms with Gasteiger partial charge in [0.2, 0.25) is 0 Å². The van der Waals surface area contributed by atoms with E-state index in [0.717, 1.165) is 0 Å².